The van der Waals surface area contributed by atoms with Crippen molar-refractivity contribution >= 4 is 5.91 Å². The van der Waals surface area contributed by atoms with Crippen molar-refractivity contribution in [3.05, 3.63) is 47.5 Å². The molecule has 2 rings (SSSR count). The number of hydrogen-bond acceptors (Lipinski definition) is 4. The zero-order valence-electron chi connectivity index (χ0n) is 11.0. The summed E-state index contributed by atoms with van der Waals surface area (Å²) in [5, 5.41) is 15.4. The Morgan fingerprint density at radius 2 is 2.30 bits per heavy atom. The molecule has 2 aromatic heterocycles. The molecule has 2 heterocycles. The van der Waals surface area contributed by atoms with Crippen LogP contribution >= 0.6 is 0 Å². The summed E-state index contributed by atoms with van der Waals surface area (Å²) in [6.45, 7) is 0.190. The molecule has 0 radical (unpaired) electrons. The molecule has 6 nitrogen and oxygen atoms in total. The Hall–Kier alpha value is -2.65. The SMILES string of the molecule is Cn1nccc1CNC(=O)c1ccc(C#CCO)cn1. The first-order valence-electron chi connectivity index (χ1n) is 6.01. The molecule has 0 fully saturated rings. The molecule has 1 amide bonds. The topological polar surface area (TPSA) is 80.0 Å². The Labute approximate surface area is 116 Å². The van der Waals surface area contributed by atoms with E-state index in [1.54, 1.807) is 23.0 Å². The van der Waals surface area contributed by atoms with Gasteiger partial charge in [-0.1, -0.05) is 11.8 Å². The van der Waals surface area contributed by atoms with Crippen molar-refractivity contribution < 1.29 is 9.90 Å². The quantitative estimate of drug-likeness (QED) is 0.775. The van der Waals surface area contributed by atoms with Crippen LogP contribution in [0, 0.1) is 11.8 Å². The average Bonchev–Trinajstić information content (AvgIpc) is 2.88. The predicted octanol–water partition coefficient (Wildman–Crippen LogP) is 0.0889. The minimum absolute atomic E-state index is 0.201. The molecule has 0 saturated carbocycles. The van der Waals surface area contributed by atoms with Gasteiger partial charge in [0.25, 0.3) is 5.91 Å². The smallest absolute Gasteiger partial charge is 0.270 e. The molecule has 20 heavy (non-hydrogen) atoms. The summed E-state index contributed by atoms with van der Waals surface area (Å²) in [7, 11) is 1.81. The Bertz CT molecular complexity index is 650. The zero-order valence-corrected chi connectivity index (χ0v) is 11.0. The monoisotopic (exact) mass is 270 g/mol. The first-order valence-corrected chi connectivity index (χ1v) is 6.01. The standard InChI is InChI=1S/C14H14N4O2/c1-18-12(6-7-17-18)10-16-14(20)13-5-4-11(9-15-13)3-2-8-19/h4-7,9,19H,8,10H2,1H3,(H,16,20). The van der Waals surface area contributed by atoms with Gasteiger partial charge in [0, 0.05) is 25.0 Å². The van der Waals surface area contributed by atoms with E-state index >= 15 is 0 Å². The first kappa shape index (κ1) is 13.8. The minimum Gasteiger partial charge on any atom is -0.384 e. The molecule has 0 aliphatic carbocycles. The van der Waals surface area contributed by atoms with Gasteiger partial charge in [-0.15, -0.1) is 0 Å². The van der Waals surface area contributed by atoms with E-state index in [1.807, 2.05) is 13.1 Å². The predicted molar refractivity (Wildman–Crippen MR) is 72.6 cm³/mol. The third-order valence-electron chi connectivity index (χ3n) is 2.66. The number of aliphatic hydroxyl groups excluding tert-OH is 1. The Balaban J connectivity index is 1.97. The molecule has 6 heteroatoms. The summed E-state index contributed by atoms with van der Waals surface area (Å²) < 4.78 is 1.70. The van der Waals surface area contributed by atoms with Crippen LogP contribution in [0.3, 0.4) is 0 Å². The third kappa shape index (κ3) is 3.43. The van der Waals surface area contributed by atoms with Gasteiger partial charge >= 0.3 is 0 Å². The maximum absolute atomic E-state index is 11.9. The second kappa shape index (κ2) is 6.50. The van der Waals surface area contributed by atoms with Gasteiger partial charge in [0.1, 0.15) is 12.3 Å². The second-order valence-electron chi connectivity index (χ2n) is 4.02. The van der Waals surface area contributed by atoms with E-state index in [1.165, 1.54) is 6.20 Å². The number of aryl methyl sites for hydroxylation is 1. The molecule has 0 bridgehead atoms. The van der Waals surface area contributed by atoms with Gasteiger partial charge in [-0.05, 0) is 18.2 Å². The number of nitrogens with one attached hydrogen (secondary N) is 1. The molecular formula is C14H14N4O2. The van der Waals surface area contributed by atoms with Crippen LogP contribution in [0.4, 0.5) is 0 Å². The van der Waals surface area contributed by atoms with Gasteiger partial charge in [-0.2, -0.15) is 5.10 Å². The van der Waals surface area contributed by atoms with Crippen LogP contribution in [-0.2, 0) is 13.6 Å². The maximum atomic E-state index is 11.9. The molecule has 102 valence electrons. The Morgan fingerprint density at radius 1 is 1.45 bits per heavy atom. The van der Waals surface area contributed by atoms with Gasteiger partial charge in [0.05, 0.1) is 12.2 Å². The molecule has 0 aliphatic heterocycles. The molecule has 0 unspecified atom stereocenters. The van der Waals surface area contributed by atoms with E-state index in [0.29, 0.717) is 17.8 Å². The minimum atomic E-state index is -0.257. The molecular weight excluding hydrogens is 256 g/mol. The number of amides is 1. The number of hydrogen-bond donors (Lipinski definition) is 2. The van der Waals surface area contributed by atoms with Gasteiger partial charge in [-0.25, -0.2) is 4.98 Å². The van der Waals surface area contributed by atoms with Crippen molar-refractivity contribution in [3.8, 4) is 11.8 Å². The highest BCUT2D eigenvalue weighted by Crippen LogP contribution is 2.00. The van der Waals surface area contributed by atoms with E-state index in [4.69, 9.17) is 5.11 Å². The summed E-state index contributed by atoms with van der Waals surface area (Å²) in [4.78, 5) is 15.9. The van der Waals surface area contributed by atoms with Gasteiger partial charge < -0.3 is 10.4 Å². The Kier molecular flexibility index (Phi) is 4.47. The number of carbonyl (C=O) groups is 1. The summed E-state index contributed by atoms with van der Waals surface area (Å²) in [6.07, 6.45) is 3.18. The van der Waals surface area contributed by atoms with Gasteiger partial charge in [0.15, 0.2) is 0 Å². The third-order valence-corrected chi connectivity index (χ3v) is 2.66. The number of aliphatic hydroxyl groups is 1. The summed E-state index contributed by atoms with van der Waals surface area (Å²) >= 11 is 0. The summed E-state index contributed by atoms with van der Waals surface area (Å²) in [5.41, 5.74) is 1.88. The Morgan fingerprint density at radius 3 is 2.90 bits per heavy atom. The molecule has 0 aliphatic rings. The van der Waals surface area contributed by atoms with Crippen LogP contribution in [-0.4, -0.2) is 32.4 Å². The van der Waals surface area contributed by atoms with Gasteiger partial charge in [-0.3, -0.25) is 9.48 Å². The highest BCUT2D eigenvalue weighted by Gasteiger charge is 2.07. The fourth-order valence-electron chi connectivity index (χ4n) is 1.58. The van der Waals surface area contributed by atoms with E-state index in [2.05, 4.69) is 27.2 Å². The zero-order chi connectivity index (χ0) is 14.4. The number of aromatic nitrogens is 3. The molecule has 2 N–H and O–H groups in total. The number of nitrogens with zero attached hydrogens (tertiary/aromatic N) is 3. The van der Waals surface area contributed by atoms with Crippen molar-refractivity contribution in [1.29, 1.82) is 0 Å². The van der Waals surface area contributed by atoms with E-state index < -0.39 is 0 Å². The van der Waals surface area contributed by atoms with Crippen molar-refractivity contribution in [2.45, 2.75) is 6.54 Å². The lowest BCUT2D eigenvalue weighted by Gasteiger charge is -2.05. The fraction of sp³-hybridized carbons (Fsp3) is 0.214. The van der Waals surface area contributed by atoms with E-state index in [-0.39, 0.29) is 12.5 Å². The number of pyridine rings is 1. The second-order valence-corrected chi connectivity index (χ2v) is 4.02. The molecule has 0 saturated heterocycles. The normalized spacial score (nSPS) is 9.70. The highest BCUT2D eigenvalue weighted by atomic mass is 16.2. The lowest BCUT2D eigenvalue weighted by atomic mass is 10.2. The molecule has 0 aromatic carbocycles. The maximum Gasteiger partial charge on any atom is 0.270 e. The van der Waals surface area contributed by atoms with Crippen molar-refractivity contribution in [3.63, 3.8) is 0 Å². The van der Waals surface area contributed by atoms with Crippen LogP contribution in [0.5, 0.6) is 0 Å². The lowest BCUT2D eigenvalue weighted by Crippen LogP contribution is -2.24. The van der Waals surface area contributed by atoms with Crippen LogP contribution in [0.25, 0.3) is 0 Å². The van der Waals surface area contributed by atoms with Crippen LogP contribution in [0.1, 0.15) is 21.7 Å². The summed E-state index contributed by atoms with van der Waals surface area (Å²) in [5.74, 6) is 4.98. The molecule has 0 atom stereocenters. The van der Waals surface area contributed by atoms with E-state index in [9.17, 15) is 4.79 Å². The summed E-state index contributed by atoms with van der Waals surface area (Å²) in [6, 6.07) is 5.12. The van der Waals surface area contributed by atoms with Crippen molar-refractivity contribution in [2.24, 2.45) is 7.05 Å². The first-order chi connectivity index (χ1) is 9.70. The molecule has 0 spiro atoms. The fourth-order valence-corrected chi connectivity index (χ4v) is 1.58. The van der Waals surface area contributed by atoms with Crippen molar-refractivity contribution in [1.82, 2.24) is 20.1 Å². The number of rotatable bonds is 3. The van der Waals surface area contributed by atoms with Gasteiger partial charge in [0.2, 0.25) is 0 Å². The van der Waals surface area contributed by atoms with Crippen LogP contribution in [0.2, 0.25) is 0 Å². The lowest BCUT2D eigenvalue weighted by molar-refractivity contribution is 0.0945. The van der Waals surface area contributed by atoms with Crippen LogP contribution < -0.4 is 5.32 Å². The van der Waals surface area contributed by atoms with E-state index in [0.717, 1.165) is 5.69 Å². The highest BCUT2D eigenvalue weighted by molar-refractivity contribution is 5.92. The van der Waals surface area contributed by atoms with Crippen LogP contribution in [0.15, 0.2) is 30.6 Å². The largest absolute Gasteiger partial charge is 0.384 e. The number of carbonyl (C=O) groups excluding carboxylic acids is 1. The van der Waals surface area contributed by atoms with Crippen molar-refractivity contribution in [2.75, 3.05) is 6.61 Å². The molecule has 2 aromatic rings. The average molecular weight is 270 g/mol.